The van der Waals surface area contributed by atoms with Gasteiger partial charge in [-0.3, -0.25) is 14.4 Å². The first-order chi connectivity index (χ1) is 32.6. The molecule has 0 aromatic heterocycles. The first kappa shape index (κ1) is 49.6. The number of fused-ring (bicyclic) bond motifs is 2. The highest BCUT2D eigenvalue weighted by molar-refractivity contribution is 6.06. The van der Waals surface area contributed by atoms with Crippen molar-refractivity contribution in [2.24, 2.45) is 21.6 Å². The molecule has 0 aliphatic carbocycles. The quantitative estimate of drug-likeness (QED) is 0.0758. The maximum atomic E-state index is 13.3. The summed E-state index contributed by atoms with van der Waals surface area (Å²) in [5, 5.41) is 0. The van der Waals surface area contributed by atoms with Crippen molar-refractivity contribution < 1.29 is 23.9 Å². The van der Waals surface area contributed by atoms with E-state index in [-0.39, 0.29) is 30.1 Å². The second-order valence-corrected chi connectivity index (χ2v) is 16.7. The second kappa shape index (κ2) is 24.1. The van der Waals surface area contributed by atoms with Gasteiger partial charge in [0.1, 0.15) is 11.7 Å². The zero-order chi connectivity index (χ0) is 47.9. The highest BCUT2D eigenvalue weighted by Crippen LogP contribution is 2.34. The van der Waals surface area contributed by atoms with Gasteiger partial charge in [-0.1, -0.05) is 70.2 Å². The SMILES string of the molecule is CC.CCCN(CCC)C(=O)C1=Cc2ccc(-c3ccc(C(=O)N4CCCC4)cc3)cc2N=C(NN)C1.CCOC(=O)C1=Cc2cc(-c3ccc(C(=O)N4CCCC4)cc3)ccc2N=C(N)C1. The molecule has 2 fully saturated rings. The highest BCUT2D eigenvalue weighted by atomic mass is 16.5. The highest BCUT2D eigenvalue weighted by Gasteiger charge is 2.24. The molecule has 13 heteroatoms. The lowest BCUT2D eigenvalue weighted by Gasteiger charge is -2.23. The molecule has 4 heterocycles. The summed E-state index contributed by atoms with van der Waals surface area (Å²) >= 11 is 0. The number of amidine groups is 2. The minimum absolute atomic E-state index is 0.0341. The number of aliphatic imine (C=N–C) groups is 2. The summed E-state index contributed by atoms with van der Waals surface area (Å²) in [6, 6.07) is 27.3. The van der Waals surface area contributed by atoms with Crippen molar-refractivity contribution in [2.75, 3.05) is 45.9 Å². The van der Waals surface area contributed by atoms with Gasteiger partial charge < -0.3 is 30.6 Å². The largest absolute Gasteiger partial charge is 0.463 e. The second-order valence-electron chi connectivity index (χ2n) is 16.7. The Labute approximate surface area is 395 Å². The van der Waals surface area contributed by atoms with Gasteiger partial charge in [-0.15, -0.1) is 0 Å². The fourth-order valence-corrected chi connectivity index (χ4v) is 8.58. The Kier molecular flexibility index (Phi) is 17.8. The van der Waals surface area contributed by atoms with E-state index in [0.717, 1.165) is 123 Å². The third kappa shape index (κ3) is 12.5. The molecule has 0 saturated carbocycles. The molecule has 0 atom stereocenters. The van der Waals surface area contributed by atoms with E-state index in [1.165, 1.54) is 0 Å². The molecule has 5 N–H and O–H groups in total. The molecule has 2 saturated heterocycles. The molecule has 352 valence electrons. The Hall–Kier alpha value is -6.86. The standard InChI is InChI=1S/C28H35N5O2.C24H25N3O3.C2H6/c1-3-13-32(14-4-2)28(35)24-17-23-12-11-22(18-25(23)30-26(19-24)31-29)20-7-9-21(10-8-20)27(34)33-15-5-6-16-33;1-2-30-24(29)20-14-19-13-18(9-10-21(19)26-22(25)15-20)16-5-7-17(8-6-16)23(28)27-11-3-4-12-27;1-2/h7-12,17-18H,3-6,13-16,19,29H2,1-2H3,(H,30,31);5-10,13-14H,2-4,11-12,15H2,1H3,(H2,25,26);1-2H3. The van der Waals surface area contributed by atoms with Crippen molar-refractivity contribution in [1.82, 2.24) is 20.1 Å². The Bertz CT molecular complexity index is 2510. The number of hydrogen-bond acceptors (Lipinski definition) is 10. The number of hydrazine groups is 1. The van der Waals surface area contributed by atoms with E-state index in [1.807, 2.05) is 120 Å². The van der Waals surface area contributed by atoms with E-state index in [2.05, 4.69) is 24.3 Å². The molecular weight excluding hydrogens is 841 g/mol. The molecular formula is C54H66N8O5. The van der Waals surface area contributed by atoms with Crippen molar-refractivity contribution in [2.45, 2.75) is 86.0 Å². The number of nitrogens with zero attached hydrogens (tertiary/aromatic N) is 5. The summed E-state index contributed by atoms with van der Waals surface area (Å²) in [4.78, 5) is 65.6. The topological polar surface area (TPSA) is 176 Å². The van der Waals surface area contributed by atoms with Crippen molar-refractivity contribution in [3.8, 4) is 22.3 Å². The zero-order valence-corrected chi connectivity index (χ0v) is 39.8. The van der Waals surface area contributed by atoms with Crippen LogP contribution in [-0.4, -0.2) is 95.9 Å². The third-order valence-electron chi connectivity index (χ3n) is 11.9. The molecule has 0 bridgehead atoms. The summed E-state index contributed by atoms with van der Waals surface area (Å²) in [6.07, 6.45) is 10.5. The first-order valence-corrected chi connectivity index (χ1v) is 23.9. The molecule has 4 aliphatic rings. The molecule has 0 spiro atoms. The van der Waals surface area contributed by atoms with E-state index in [0.29, 0.717) is 47.0 Å². The lowest BCUT2D eigenvalue weighted by molar-refractivity contribution is -0.138. The number of carbonyl (C=O) groups is 4. The van der Waals surface area contributed by atoms with Gasteiger partial charge in [-0.2, -0.15) is 0 Å². The maximum Gasteiger partial charge on any atom is 0.334 e. The van der Waals surface area contributed by atoms with Gasteiger partial charge in [-0.25, -0.2) is 20.6 Å². The molecule has 3 amide bonds. The van der Waals surface area contributed by atoms with Gasteiger partial charge in [0.15, 0.2) is 0 Å². The number of amides is 3. The van der Waals surface area contributed by atoms with Gasteiger partial charge in [0.25, 0.3) is 11.8 Å². The van der Waals surface area contributed by atoms with E-state index >= 15 is 0 Å². The minimum atomic E-state index is -0.376. The van der Waals surface area contributed by atoms with Gasteiger partial charge in [0.05, 0.1) is 18.0 Å². The number of carbonyl (C=O) groups excluding carboxylic acids is 4. The number of esters is 1. The lowest BCUT2D eigenvalue weighted by Crippen LogP contribution is -2.36. The molecule has 0 radical (unpaired) electrons. The number of hydrogen-bond donors (Lipinski definition) is 3. The summed E-state index contributed by atoms with van der Waals surface area (Å²) in [5.74, 6) is 6.55. The van der Waals surface area contributed by atoms with E-state index in [9.17, 15) is 19.2 Å². The molecule has 0 unspecified atom stereocenters. The minimum Gasteiger partial charge on any atom is -0.463 e. The number of rotatable bonds is 11. The van der Waals surface area contributed by atoms with E-state index < -0.39 is 0 Å². The number of ether oxygens (including phenoxy) is 1. The maximum absolute atomic E-state index is 13.3. The van der Waals surface area contributed by atoms with E-state index in [1.54, 1.807) is 13.0 Å². The fourth-order valence-electron chi connectivity index (χ4n) is 8.58. The van der Waals surface area contributed by atoms with Crippen LogP contribution in [-0.2, 0) is 14.3 Å². The molecule has 4 aliphatic heterocycles. The third-order valence-corrected chi connectivity index (χ3v) is 11.9. The predicted molar refractivity (Wildman–Crippen MR) is 270 cm³/mol. The summed E-state index contributed by atoms with van der Waals surface area (Å²) < 4.78 is 5.14. The Balaban J connectivity index is 0.000000215. The smallest absolute Gasteiger partial charge is 0.334 e. The monoisotopic (exact) mass is 907 g/mol. The van der Waals surface area contributed by atoms with Gasteiger partial charge >= 0.3 is 5.97 Å². The number of benzene rings is 4. The number of nitrogens with two attached hydrogens (primary N) is 2. The van der Waals surface area contributed by atoms with Gasteiger partial charge in [0, 0.05) is 85.5 Å². The normalized spacial score (nSPS) is 15.0. The molecule has 4 aromatic rings. The van der Waals surface area contributed by atoms with Crippen LogP contribution in [0.15, 0.2) is 106 Å². The van der Waals surface area contributed by atoms with Crippen LogP contribution < -0.4 is 17.0 Å². The van der Waals surface area contributed by atoms with Crippen LogP contribution in [0.2, 0.25) is 0 Å². The zero-order valence-electron chi connectivity index (χ0n) is 39.8. The summed E-state index contributed by atoms with van der Waals surface area (Å²) in [5.41, 5.74) is 18.4. The predicted octanol–water partition coefficient (Wildman–Crippen LogP) is 9.47. The molecule has 67 heavy (non-hydrogen) atoms. The van der Waals surface area contributed by atoms with Gasteiger partial charge in [-0.05, 0) is 122 Å². The van der Waals surface area contributed by atoms with Gasteiger partial charge in [0.2, 0.25) is 5.91 Å². The summed E-state index contributed by atoms with van der Waals surface area (Å²) in [7, 11) is 0. The van der Waals surface area contributed by atoms with Crippen LogP contribution in [0.4, 0.5) is 11.4 Å². The van der Waals surface area contributed by atoms with Crippen LogP contribution in [0.3, 0.4) is 0 Å². The van der Waals surface area contributed by atoms with Crippen molar-refractivity contribution in [1.29, 1.82) is 0 Å². The average Bonchev–Trinajstić information content (AvgIpc) is 4.05. The lowest BCUT2D eigenvalue weighted by atomic mass is 9.99. The van der Waals surface area contributed by atoms with Crippen molar-refractivity contribution >= 4 is 58.9 Å². The van der Waals surface area contributed by atoms with Crippen molar-refractivity contribution in [3.63, 3.8) is 0 Å². The van der Waals surface area contributed by atoms with Crippen LogP contribution in [0, 0.1) is 0 Å². The molecule has 13 nitrogen and oxygen atoms in total. The van der Waals surface area contributed by atoms with Crippen LogP contribution in [0.1, 0.15) is 118 Å². The van der Waals surface area contributed by atoms with Crippen LogP contribution >= 0.6 is 0 Å². The first-order valence-electron chi connectivity index (χ1n) is 23.9. The Morgan fingerprint density at radius 1 is 0.627 bits per heavy atom. The Morgan fingerprint density at radius 2 is 1.13 bits per heavy atom. The van der Waals surface area contributed by atoms with Crippen LogP contribution in [0.25, 0.3) is 34.4 Å². The Morgan fingerprint density at radius 3 is 1.66 bits per heavy atom. The number of likely N-dealkylation sites (tertiary alicyclic amines) is 2. The number of nitrogens with one attached hydrogen (secondary N) is 1. The average molecular weight is 907 g/mol. The molecule has 4 aromatic carbocycles. The van der Waals surface area contributed by atoms with E-state index in [4.69, 9.17) is 21.3 Å². The molecule has 8 rings (SSSR count). The van der Waals surface area contributed by atoms with Crippen LogP contribution in [0.5, 0.6) is 0 Å². The van der Waals surface area contributed by atoms with Crippen molar-refractivity contribution in [3.05, 3.63) is 118 Å². The summed E-state index contributed by atoms with van der Waals surface area (Å²) in [6.45, 7) is 15.1. The fraction of sp³-hybridized carbons (Fsp3) is 0.370.